The first-order valence-corrected chi connectivity index (χ1v) is 4.46. The molecule has 0 atom stereocenters. The summed E-state index contributed by atoms with van der Waals surface area (Å²) in [7, 11) is 0. The zero-order valence-electron chi connectivity index (χ0n) is 6.02. The molecule has 0 rings (SSSR count). The van der Waals surface area contributed by atoms with Gasteiger partial charge in [-0.15, -0.1) is 0 Å². The Kier molecular flexibility index (Phi) is 4.00. The van der Waals surface area contributed by atoms with Gasteiger partial charge in [-0.3, -0.25) is 0 Å². The monoisotopic (exact) mass is 257 g/mol. The minimum atomic E-state index is -1.45. The number of alkyl halides is 1. The summed E-state index contributed by atoms with van der Waals surface area (Å²) in [5.41, 5.74) is -0.597. The summed E-state index contributed by atoms with van der Waals surface area (Å²) in [4.78, 5) is 9.95. The summed E-state index contributed by atoms with van der Waals surface area (Å²) >= 11 is 2.17. The van der Waals surface area contributed by atoms with E-state index in [9.17, 15) is 9.90 Å². The Hall–Kier alpha value is 0. The molecule has 0 aromatic heterocycles. The lowest BCUT2D eigenvalue weighted by molar-refractivity contribution is -0.293. The molecule has 0 amide bonds. The van der Waals surface area contributed by atoms with Crippen molar-refractivity contribution in [2.75, 3.05) is 4.43 Å². The topological polar surface area (TPSA) is 49.4 Å². The quantitative estimate of drug-likeness (QED) is 0.429. The summed E-state index contributed by atoms with van der Waals surface area (Å²) < 4.78 is 5.35. The summed E-state index contributed by atoms with van der Waals surface area (Å²) in [5, 5.41) is 9.95. The van der Waals surface area contributed by atoms with Gasteiger partial charge in [0.2, 0.25) is 0 Å². The SMILES string of the molecule is CC(C)(CCI)OC(=O)[O-]. The predicted octanol–water partition coefficient (Wildman–Crippen LogP) is 0.950. The molecule has 0 N–H and O–H groups in total. The Morgan fingerprint density at radius 1 is 1.70 bits per heavy atom. The van der Waals surface area contributed by atoms with E-state index in [1.54, 1.807) is 13.8 Å². The molecule has 0 aliphatic carbocycles. The van der Waals surface area contributed by atoms with E-state index in [-0.39, 0.29) is 0 Å². The van der Waals surface area contributed by atoms with Crippen LogP contribution in [0.2, 0.25) is 0 Å². The number of carbonyl (C=O) groups excluding carboxylic acids is 1. The van der Waals surface area contributed by atoms with E-state index in [4.69, 9.17) is 0 Å². The molecule has 0 aliphatic heterocycles. The second-order valence-corrected chi connectivity index (χ2v) is 3.63. The number of rotatable bonds is 3. The van der Waals surface area contributed by atoms with Crippen molar-refractivity contribution in [3.63, 3.8) is 0 Å². The molecule has 0 heterocycles. The van der Waals surface area contributed by atoms with E-state index in [0.717, 1.165) is 4.43 Å². The largest absolute Gasteiger partial charge is 0.544 e. The van der Waals surface area contributed by atoms with E-state index in [1.807, 2.05) is 0 Å². The smallest absolute Gasteiger partial charge is 0.252 e. The molecule has 0 aromatic carbocycles. The van der Waals surface area contributed by atoms with E-state index in [0.29, 0.717) is 6.42 Å². The molecule has 3 nitrogen and oxygen atoms in total. The van der Waals surface area contributed by atoms with Crippen molar-refractivity contribution >= 4 is 28.7 Å². The van der Waals surface area contributed by atoms with Gasteiger partial charge in [0, 0.05) is 10.0 Å². The fourth-order valence-electron chi connectivity index (χ4n) is 0.504. The van der Waals surface area contributed by atoms with Gasteiger partial charge in [0.25, 0.3) is 6.16 Å². The maximum absolute atomic E-state index is 9.95. The van der Waals surface area contributed by atoms with Crippen LogP contribution in [-0.2, 0) is 4.74 Å². The third-order valence-electron chi connectivity index (χ3n) is 1.06. The second-order valence-electron chi connectivity index (χ2n) is 2.55. The Bertz CT molecular complexity index is 122. The van der Waals surface area contributed by atoms with Crippen molar-refractivity contribution < 1.29 is 14.6 Å². The lowest BCUT2D eigenvalue weighted by atomic mass is 10.1. The van der Waals surface area contributed by atoms with E-state index >= 15 is 0 Å². The van der Waals surface area contributed by atoms with Crippen molar-refractivity contribution in [2.24, 2.45) is 0 Å². The third-order valence-corrected chi connectivity index (χ3v) is 1.60. The van der Waals surface area contributed by atoms with Gasteiger partial charge in [0.05, 0.1) is 0 Å². The molecule has 0 bridgehead atoms. The molecule has 0 fully saturated rings. The molecule has 0 saturated heterocycles. The summed E-state index contributed by atoms with van der Waals surface area (Å²) in [6.45, 7) is 3.45. The van der Waals surface area contributed by atoms with Gasteiger partial charge in [-0.05, 0) is 20.3 Å². The fourth-order valence-corrected chi connectivity index (χ4v) is 1.80. The van der Waals surface area contributed by atoms with E-state index < -0.39 is 11.8 Å². The number of hydrogen-bond acceptors (Lipinski definition) is 3. The lowest BCUT2D eigenvalue weighted by Crippen LogP contribution is -2.35. The lowest BCUT2D eigenvalue weighted by Gasteiger charge is -2.28. The minimum Gasteiger partial charge on any atom is -0.544 e. The van der Waals surface area contributed by atoms with Gasteiger partial charge in [-0.2, -0.15) is 0 Å². The normalized spacial score (nSPS) is 11.1. The fraction of sp³-hybridized carbons (Fsp3) is 0.833. The van der Waals surface area contributed by atoms with Crippen molar-refractivity contribution in [3.8, 4) is 0 Å². The Labute approximate surface area is 73.9 Å². The van der Waals surface area contributed by atoms with E-state index in [1.165, 1.54) is 0 Å². The van der Waals surface area contributed by atoms with Crippen LogP contribution in [0.15, 0.2) is 0 Å². The standard InChI is InChI=1S/C6H11IO3/c1-6(2,3-4-7)10-5(8)9/h3-4H2,1-2H3,(H,8,9)/p-1. The zero-order valence-corrected chi connectivity index (χ0v) is 8.17. The summed E-state index contributed by atoms with van der Waals surface area (Å²) in [5.74, 6) is 0. The first-order chi connectivity index (χ1) is 4.48. The van der Waals surface area contributed by atoms with Gasteiger partial charge in [0.1, 0.15) is 0 Å². The average Bonchev–Trinajstić information content (AvgIpc) is 1.59. The van der Waals surface area contributed by atoms with Gasteiger partial charge in [-0.1, -0.05) is 22.6 Å². The van der Waals surface area contributed by atoms with Gasteiger partial charge < -0.3 is 14.6 Å². The molecule has 4 heteroatoms. The highest BCUT2D eigenvalue weighted by Gasteiger charge is 2.14. The molecule has 0 unspecified atom stereocenters. The summed E-state index contributed by atoms with van der Waals surface area (Å²) in [6, 6.07) is 0. The van der Waals surface area contributed by atoms with Crippen LogP contribution in [0.25, 0.3) is 0 Å². The van der Waals surface area contributed by atoms with Crippen LogP contribution in [0.5, 0.6) is 0 Å². The second kappa shape index (κ2) is 4.00. The predicted molar refractivity (Wildman–Crippen MR) is 44.1 cm³/mol. The highest BCUT2D eigenvalue weighted by atomic mass is 127. The van der Waals surface area contributed by atoms with Crippen molar-refractivity contribution in [2.45, 2.75) is 25.9 Å². The van der Waals surface area contributed by atoms with Crippen LogP contribution in [0, 0.1) is 0 Å². The first kappa shape index (κ1) is 10.0. The number of ether oxygens (including phenoxy) is 1. The van der Waals surface area contributed by atoms with Crippen LogP contribution in [-0.4, -0.2) is 16.2 Å². The first-order valence-electron chi connectivity index (χ1n) is 2.94. The van der Waals surface area contributed by atoms with Crippen LogP contribution in [0.1, 0.15) is 20.3 Å². The van der Waals surface area contributed by atoms with E-state index in [2.05, 4.69) is 27.3 Å². The molecule has 10 heavy (non-hydrogen) atoms. The average molecular weight is 257 g/mol. The van der Waals surface area contributed by atoms with Crippen LogP contribution in [0.4, 0.5) is 4.79 Å². The number of carboxylic acid groups (broad SMARTS) is 1. The Morgan fingerprint density at radius 3 is 2.50 bits per heavy atom. The molecular formula is C6H10IO3-. The van der Waals surface area contributed by atoms with Crippen LogP contribution < -0.4 is 5.11 Å². The van der Waals surface area contributed by atoms with Crippen molar-refractivity contribution in [1.82, 2.24) is 0 Å². The molecule has 0 aromatic rings. The molecule has 60 valence electrons. The number of hydrogen-bond donors (Lipinski definition) is 0. The molecule has 0 radical (unpaired) electrons. The van der Waals surface area contributed by atoms with Gasteiger partial charge in [-0.25, -0.2) is 0 Å². The third kappa shape index (κ3) is 4.84. The maximum atomic E-state index is 9.95. The molecule has 0 saturated carbocycles. The molecule has 0 spiro atoms. The summed E-state index contributed by atoms with van der Waals surface area (Å²) in [6.07, 6.45) is -0.739. The van der Waals surface area contributed by atoms with Crippen LogP contribution in [0.3, 0.4) is 0 Å². The van der Waals surface area contributed by atoms with Crippen molar-refractivity contribution in [3.05, 3.63) is 0 Å². The van der Waals surface area contributed by atoms with Crippen molar-refractivity contribution in [1.29, 1.82) is 0 Å². The zero-order chi connectivity index (χ0) is 8.20. The van der Waals surface area contributed by atoms with Gasteiger partial charge in [0.15, 0.2) is 0 Å². The van der Waals surface area contributed by atoms with Crippen LogP contribution >= 0.6 is 22.6 Å². The number of carbonyl (C=O) groups is 1. The van der Waals surface area contributed by atoms with Gasteiger partial charge >= 0.3 is 0 Å². The molecule has 0 aliphatic rings. The molecular weight excluding hydrogens is 247 g/mol. The highest BCUT2D eigenvalue weighted by Crippen LogP contribution is 2.14. The Balaban J connectivity index is 3.74. The Morgan fingerprint density at radius 2 is 2.20 bits per heavy atom. The maximum Gasteiger partial charge on any atom is 0.252 e. The highest BCUT2D eigenvalue weighted by molar-refractivity contribution is 14.1. The minimum absolute atomic E-state index is 0.597. The number of halogens is 1.